The highest BCUT2D eigenvalue weighted by Crippen LogP contribution is 2.44. The number of rotatable bonds is 6. The van der Waals surface area contributed by atoms with Crippen molar-refractivity contribution >= 4 is 27.5 Å². The first kappa shape index (κ1) is 29.4. The Morgan fingerprint density at radius 2 is 2.02 bits per heavy atom. The predicted molar refractivity (Wildman–Crippen MR) is 169 cm³/mol. The van der Waals surface area contributed by atoms with Crippen LogP contribution in [0.5, 0.6) is 11.8 Å². The van der Waals surface area contributed by atoms with Crippen LogP contribution in [-0.4, -0.2) is 74.5 Å². The summed E-state index contributed by atoms with van der Waals surface area (Å²) >= 11 is 0. The number of hydrogen-bond acceptors (Lipinski definition) is 8. The van der Waals surface area contributed by atoms with Gasteiger partial charge in [0.25, 0.3) is 0 Å². The summed E-state index contributed by atoms with van der Waals surface area (Å²) in [7, 11) is 0. The molecule has 3 saturated heterocycles. The van der Waals surface area contributed by atoms with Crippen LogP contribution in [-0.2, 0) is 6.42 Å². The quantitative estimate of drug-likeness (QED) is 0.265. The lowest BCUT2D eigenvalue weighted by Crippen LogP contribution is -2.43. The number of phenolic OH excluding ortho intramolecular Hbond substituents is 1. The molecule has 3 aliphatic heterocycles. The van der Waals surface area contributed by atoms with Crippen LogP contribution in [0, 0.1) is 23.5 Å². The van der Waals surface area contributed by atoms with Crippen LogP contribution in [0.1, 0.15) is 44.6 Å². The van der Waals surface area contributed by atoms with Gasteiger partial charge in [-0.1, -0.05) is 13.0 Å². The van der Waals surface area contributed by atoms with Gasteiger partial charge in [0.1, 0.15) is 35.2 Å². The molecule has 240 valence electrons. The van der Waals surface area contributed by atoms with Crippen LogP contribution < -0.4 is 9.64 Å². The fourth-order valence-corrected chi connectivity index (χ4v) is 8.60. The van der Waals surface area contributed by atoms with Gasteiger partial charge >= 0.3 is 6.01 Å². The lowest BCUT2D eigenvalue weighted by atomic mass is 9.94. The number of halogens is 3. The van der Waals surface area contributed by atoms with Gasteiger partial charge in [0.2, 0.25) is 0 Å². The lowest BCUT2D eigenvalue weighted by Gasteiger charge is -2.34. The molecule has 4 aromatic rings. The number of piperidine rings is 1. The highest BCUT2D eigenvalue weighted by atomic mass is 19.1. The second-order valence-corrected chi connectivity index (χ2v) is 13.5. The Bertz CT molecular complexity index is 1900. The molecule has 8 rings (SSSR count). The highest BCUT2D eigenvalue weighted by molar-refractivity contribution is 6.01. The van der Waals surface area contributed by atoms with E-state index in [4.69, 9.17) is 9.72 Å². The minimum Gasteiger partial charge on any atom is -0.508 e. The molecule has 11 heteroatoms. The van der Waals surface area contributed by atoms with Crippen LogP contribution >= 0.6 is 0 Å². The number of benzene rings is 2. The third-order valence-electron chi connectivity index (χ3n) is 10.7. The Morgan fingerprint density at radius 3 is 2.83 bits per heavy atom. The molecule has 1 aliphatic carbocycles. The van der Waals surface area contributed by atoms with Gasteiger partial charge in [-0.2, -0.15) is 9.97 Å². The van der Waals surface area contributed by atoms with Crippen LogP contribution in [0.15, 0.2) is 42.4 Å². The minimum absolute atomic E-state index is 0.00552. The zero-order valence-corrected chi connectivity index (χ0v) is 25.6. The molecular weight excluding hydrogens is 595 g/mol. The van der Waals surface area contributed by atoms with Gasteiger partial charge < -0.3 is 19.8 Å². The summed E-state index contributed by atoms with van der Waals surface area (Å²) in [5.74, 6) is -0.375. The number of hydrogen-bond donors (Lipinski definition) is 2. The molecule has 1 unspecified atom stereocenters. The van der Waals surface area contributed by atoms with Crippen LogP contribution in [0.3, 0.4) is 0 Å². The number of aliphatic hydroxyl groups excluding tert-OH is 1. The number of phenols is 1. The number of ether oxygens (including phenoxy) is 1. The Balaban J connectivity index is 1.27. The maximum absolute atomic E-state index is 16.9. The van der Waals surface area contributed by atoms with E-state index in [1.165, 1.54) is 24.4 Å². The van der Waals surface area contributed by atoms with Crippen LogP contribution in [0.25, 0.3) is 32.9 Å². The van der Waals surface area contributed by atoms with Crippen molar-refractivity contribution in [2.45, 2.75) is 57.1 Å². The van der Waals surface area contributed by atoms with Crippen LogP contribution in [0.2, 0.25) is 0 Å². The number of aryl methyl sites for hydroxylation is 1. The summed E-state index contributed by atoms with van der Waals surface area (Å²) in [6.45, 7) is 4.68. The van der Waals surface area contributed by atoms with Gasteiger partial charge in [0.15, 0.2) is 5.82 Å². The van der Waals surface area contributed by atoms with Crippen molar-refractivity contribution in [1.82, 2.24) is 19.9 Å². The molecule has 4 atom stereocenters. The van der Waals surface area contributed by atoms with Gasteiger partial charge in [0, 0.05) is 37.3 Å². The molecule has 2 N–H and O–H groups in total. The fourth-order valence-electron chi connectivity index (χ4n) is 8.60. The van der Waals surface area contributed by atoms with Crippen LogP contribution in [0.4, 0.5) is 19.0 Å². The summed E-state index contributed by atoms with van der Waals surface area (Å²) in [5.41, 5.74) is 0.979. The zero-order valence-electron chi connectivity index (χ0n) is 25.6. The molecule has 0 radical (unpaired) electrons. The van der Waals surface area contributed by atoms with Crippen molar-refractivity contribution in [2.24, 2.45) is 11.8 Å². The summed E-state index contributed by atoms with van der Waals surface area (Å²) < 4.78 is 51.6. The second kappa shape index (κ2) is 11.1. The van der Waals surface area contributed by atoms with Gasteiger partial charge in [-0.3, -0.25) is 9.88 Å². The summed E-state index contributed by atoms with van der Waals surface area (Å²) in [6.07, 6.45) is 6.23. The molecule has 4 aliphatic rings. The molecule has 2 aromatic heterocycles. The number of nitrogens with zero attached hydrogens (tertiary/aromatic N) is 5. The molecule has 1 saturated carbocycles. The number of aliphatic hydroxyl groups is 1. The Labute approximate surface area is 264 Å². The number of aromatic nitrogens is 3. The number of aromatic hydroxyl groups is 1. The van der Waals surface area contributed by atoms with Crippen molar-refractivity contribution in [1.29, 1.82) is 0 Å². The number of pyridine rings is 1. The van der Waals surface area contributed by atoms with Crippen molar-refractivity contribution in [3.05, 3.63) is 59.6 Å². The summed E-state index contributed by atoms with van der Waals surface area (Å²) in [4.78, 5) is 18.3. The lowest BCUT2D eigenvalue weighted by molar-refractivity contribution is 0.108. The first-order valence-corrected chi connectivity index (χ1v) is 16.2. The van der Waals surface area contributed by atoms with Crippen molar-refractivity contribution in [3.63, 3.8) is 0 Å². The first-order valence-electron chi connectivity index (χ1n) is 16.2. The number of fused-ring (bicyclic) bond motifs is 5. The summed E-state index contributed by atoms with van der Waals surface area (Å²) in [5, 5.41) is 22.6. The van der Waals surface area contributed by atoms with E-state index in [1.54, 1.807) is 6.07 Å². The molecule has 2 aromatic carbocycles. The van der Waals surface area contributed by atoms with E-state index in [-0.39, 0.29) is 58.6 Å². The zero-order chi connectivity index (χ0) is 31.7. The largest absolute Gasteiger partial charge is 0.508 e. The molecule has 5 heterocycles. The Hall–Kier alpha value is -3.96. The number of anilines is 1. The first-order chi connectivity index (χ1) is 22.3. The van der Waals surface area contributed by atoms with Crippen molar-refractivity contribution < 1.29 is 28.1 Å². The monoisotopic (exact) mass is 631 g/mol. The standard InChI is InChI=1S/C35H36F3N5O3/c1-2-24-27(37)5-4-21-10-23(44)11-25(29(21)24)31-30(38)32-26(14-39-31)33(42-15-19-8-22(17-42)28(45)9-19)41-34(40-32)46-18-35-6-3-7-43(35)16-20(12-35)13-36/h4-5,10-11,13-14,19,22,28,44-45H,2-3,6-9,12,15-18H2,1H3/b20-13+/t19-,22-,28-,35?/m1/s1. The van der Waals surface area contributed by atoms with E-state index in [9.17, 15) is 19.0 Å². The Morgan fingerprint density at radius 1 is 1.15 bits per heavy atom. The topological polar surface area (TPSA) is 94.8 Å². The average molecular weight is 632 g/mol. The molecule has 2 bridgehead atoms. The van der Waals surface area contributed by atoms with E-state index in [0.29, 0.717) is 72.8 Å². The third-order valence-corrected chi connectivity index (χ3v) is 10.7. The molecular formula is C35H36F3N5O3. The van der Waals surface area contributed by atoms with Gasteiger partial charge in [0.05, 0.1) is 23.4 Å². The van der Waals surface area contributed by atoms with Gasteiger partial charge in [-0.15, -0.1) is 0 Å². The molecule has 8 nitrogen and oxygen atoms in total. The predicted octanol–water partition coefficient (Wildman–Crippen LogP) is 6.07. The summed E-state index contributed by atoms with van der Waals surface area (Å²) in [6, 6.07) is 5.86. The molecule has 0 amide bonds. The van der Waals surface area contributed by atoms with Gasteiger partial charge in [-0.05, 0) is 91.1 Å². The molecule has 4 fully saturated rings. The van der Waals surface area contributed by atoms with E-state index < -0.39 is 11.6 Å². The van der Waals surface area contributed by atoms with E-state index in [0.717, 1.165) is 31.4 Å². The average Bonchev–Trinajstić information content (AvgIpc) is 3.68. The highest BCUT2D eigenvalue weighted by Gasteiger charge is 2.47. The Kier molecular flexibility index (Phi) is 7.10. The van der Waals surface area contributed by atoms with Crippen molar-refractivity contribution in [2.75, 3.05) is 37.7 Å². The molecule has 0 spiro atoms. The smallest absolute Gasteiger partial charge is 0.319 e. The second-order valence-electron chi connectivity index (χ2n) is 13.5. The maximum Gasteiger partial charge on any atom is 0.319 e. The normalized spacial score (nSPS) is 26.9. The van der Waals surface area contributed by atoms with Gasteiger partial charge in [-0.25, -0.2) is 13.2 Å². The molecule has 46 heavy (non-hydrogen) atoms. The van der Waals surface area contributed by atoms with Crippen molar-refractivity contribution in [3.8, 4) is 23.0 Å². The van der Waals surface area contributed by atoms with E-state index in [2.05, 4.69) is 19.8 Å². The minimum atomic E-state index is -0.728. The SMILES string of the molecule is CCc1c(F)ccc2cc(O)cc(-c3ncc4c(N5C[C@@H]6C[C@H](C5)[C@H](O)C6)nc(OCC56CCCN5C/C(=C/F)C6)nc4c3F)c12. The fraction of sp³-hybridized carbons (Fsp3) is 0.457. The van der Waals surface area contributed by atoms with E-state index >= 15 is 4.39 Å². The third kappa shape index (κ3) is 4.69. The maximum atomic E-state index is 16.9. The van der Waals surface area contributed by atoms with E-state index in [1.807, 2.05) is 6.92 Å².